The number of carbonyl (C=O) groups is 1. The zero-order chi connectivity index (χ0) is 19.9. The summed E-state index contributed by atoms with van der Waals surface area (Å²) >= 11 is 0. The average molecular weight is 435 g/mol. The molecule has 1 heterocycles. The molecule has 0 aromatic heterocycles. The van der Waals surface area contributed by atoms with Gasteiger partial charge in [-0.25, -0.2) is 8.42 Å². The van der Waals surface area contributed by atoms with E-state index in [0.717, 1.165) is 44.7 Å². The van der Waals surface area contributed by atoms with E-state index in [1.54, 1.807) is 0 Å². The SMILES string of the molecule is CS(=O)(=O)c1ccc(NCCNC(=O)CCC2CCNCC2)c([N+](=O)[O-])c1.Cl. The molecule has 9 nitrogen and oxygen atoms in total. The number of nitro benzene ring substituents is 1. The zero-order valence-electron chi connectivity index (χ0n) is 15.8. The first kappa shape index (κ1) is 24.1. The van der Waals surface area contributed by atoms with E-state index in [9.17, 15) is 23.3 Å². The third-order valence-electron chi connectivity index (χ3n) is 4.60. The van der Waals surface area contributed by atoms with Crippen molar-refractivity contribution in [3.05, 3.63) is 28.3 Å². The number of halogens is 1. The molecule has 2 rings (SSSR count). The van der Waals surface area contributed by atoms with E-state index < -0.39 is 14.8 Å². The van der Waals surface area contributed by atoms with E-state index in [2.05, 4.69) is 16.0 Å². The summed E-state index contributed by atoms with van der Waals surface area (Å²) in [5.41, 5.74) is -0.0912. The second kappa shape index (κ2) is 11.2. The Morgan fingerprint density at radius 2 is 1.96 bits per heavy atom. The number of benzene rings is 1. The van der Waals surface area contributed by atoms with E-state index in [1.807, 2.05) is 0 Å². The summed E-state index contributed by atoms with van der Waals surface area (Å²) in [6, 6.07) is 3.73. The summed E-state index contributed by atoms with van der Waals surface area (Å²) in [5, 5.41) is 20.1. The monoisotopic (exact) mass is 434 g/mol. The van der Waals surface area contributed by atoms with Crippen molar-refractivity contribution in [2.75, 3.05) is 37.8 Å². The number of sulfone groups is 1. The Kier molecular flexibility index (Phi) is 9.63. The van der Waals surface area contributed by atoms with Crippen LogP contribution in [0, 0.1) is 16.0 Å². The van der Waals surface area contributed by atoms with Gasteiger partial charge in [-0.05, 0) is 50.4 Å². The van der Waals surface area contributed by atoms with Crippen LogP contribution in [-0.2, 0) is 14.6 Å². The Hall–Kier alpha value is -1.91. The second-order valence-corrected chi connectivity index (χ2v) is 8.73. The molecule has 28 heavy (non-hydrogen) atoms. The number of amides is 1. The number of nitro groups is 1. The molecule has 0 radical (unpaired) electrons. The fraction of sp³-hybridized carbons (Fsp3) is 0.588. The van der Waals surface area contributed by atoms with Crippen LogP contribution in [0.2, 0.25) is 0 Å². The first-order valence-corrected chi connectivity index (χ1v) is 10.9. The van der Waals surface area contributed by atoms with Gasteiger partial charge < -0.3 is 16.0 Å². The van der Waals surface area contributed by atoms with Crippen molar-refractivity contribution in [2.45, 2.75) is 30.6 Å². The molecule has 1 aromatic rings. The summed E-state index contributed by atoms with van der Waals surface area (Å²) in [7, 11) is -3.52. The van der Waals surface area contributed by atoms with Crippen LogP contribution in [0.4, 0.5) is 11.4 Å². The van der Waals surface area contributed by atoms with Crippen LogP contribution >= 0.6 is 12.4 Å². The highest BCUT2D eigenvalue weighted by atomic mass is 35.5. The van der Waals surface area contributed by atoms with Gasteiger partial charge in [-0.15, -0.1) is 12.4 Å². The van der Waals surface area contributed by atoms with Crippen LogP contribution in [0.3, 0.4) is 0 Å². The first-order valence-electron chi connectivity index (χ1n) is 8.97. The van der Waals surface area contributed by atoms with Gasteiger partial charge in [0.2, 0.25) is 5.91 Å². The Balaban J connectivity index is 0.00000392. The Morgan fingerprint density at radius 3 is 2.57 bits per heavy atom. The van der Waals surface area contributed by atoms with Crippen LogP contribution in [0.5, 0.6) is 0 Å². The number of hydrogen-bond donors (Lipinski definition) is 3. The minimum Gasteiger partial charge on any atom is -0.378 e. The number of rotatable bonds is 9. The Morgan fingerprint density at radius 1 is 1.29 bits per heavy atom. The molecular weight excluding hydrogens is 408 g/mol. The molecule has 3 N–H and O–H groups in total. The van der Waals surface area contributed by atoms with Crippen molar-refractivity contribution in [2.24, 2.45) is 5.92 Å². The topological polar surface area (TPSA) is 130 Å². The fourth-order valence-electron chi connectivity index (χ4n) is 3.04. The molecule has 0 bridgehead atoms. The first-order chi connectivity index (χ1) is 12.8. The lowest BCUT2D eigenvalue weighted by molar-refractivity contribution is -0.384. The van der Waals surface area contributed by atoms with Crippen LogP contribution < -0.4 is 16.0 Å². The normalized spacial score (nSPS) is 14.8. The largest absolute Gasteiger partial charge is 0.378 e. The molecule has 0 aliphatic carbocycles. The lowest BCUT2D eigenvalue weighted by Gasteiger charge is -2.22. The fourth-order valence-corrected chi connectivity index (χ4v) is 3.68. The molecule has 1 aliphatic rings. The van der Waals surface area contributed by atoms with Crippen LogP contribution in [-0.4, -0.2) is 51.7 Å². The summed E-state index contributed by atoms with van der Waals surface area (Å²) in [6.07, 6.45) is 4.55. The molecule has 1 saturated heterocycles. The minimum atomic E-state index is -3.52. The summed E-state index contributed by atoms with van der Waals surface area (Å²) < 4.78 is 23.1. The zero-order valence-corrected chi connectivity index (χ0v) is 17.4. The molecule has 0 spiro atoms. The number of nitrogens with one attached hydrogen (secondary N) is 3. The van der Waals surface area contributed by atoms with Gasteiger partial charge >= 0.3 is 0 Å². The van der Waals surface area contributed by atoms with Gasteiger partial charge in [-0.1, -0.05) is 0 Å². The van der Waals surface area contributed by atoms with Gasteiger partial charge in [-0.2, -0.15) is 0 Å². The minimum absolute atomic E-state index is 0. The number of hydrogen-bond acceptors (Lipinski definition) is 7. The van der Waals surface area contributed by atoms with Crippen LogP contribution in [0.1, 0.15) is 25.7 Å². The standard InChI is InChI=1S/C17H26N4O5S.ClH/c1-27(25,26)14-3-4-15(16(12-14)21(23)24)19-10-11-20-17(22)5-2-13-6-8-18-9-7-13;/h3-4,12-13,18-19H,2,5-11H2,1H3,(H,20,22);1H. The van der Waals surface area contributed by atoms with Crippen molar-refractivity contribution in [1.82, 2.24) is 10.6 Å². The maximum atomic E-state index is 11.9. The highest BCUT2D eigenvalue weighted by molar-refractivity contribution is 7.90. The molecule has 1 aromatic carbocycles. The van der Waals surface area contributed by atoms with Crippen molar-refractivity contribution >= 4 is 39.5 Å². The molecule has 0 saturated carbocycles. The highest BCUT2D eigenvalue weighted by Gasteiger charge is 2.18. The number of carbonyl (C=O) groups excluding carboxylic acids is 1. The Bertz CT molecular complexity index is 782. The van der Waals surface area contributed by atoms with Crippen molar-refractivity contribution in [3.8, 4) is 0 Å². The summed E-state index contributed by atoms with van der Waals surface area (Å²) in [4.78, 5) is 22.3. The summed E-state index contributed by atoms with van der Waals surface area (Å²) in [6.45, 7) is 2.65. The quantitative estimate of drug-likeness (QED) is 0.306. The van der Waals surface area contributed by atoms with Gasteiger partial charge in [0, 0.05) is 31.8 Å². The molecule has 1 aliphatic heterocycles. The smallest absolute Gasteiger partial charge is 0.293 e. The lowest BCUT2D eigenvalue weighted by atomic mass is 9.93. The maximum absolute atomic E-state index is 11.9. The van der Waals surface area contributed by atoms with E-state index in [0.29, 0.717) is 25.4 Å². The van der Waals surface area contributed by atoms with E-state index in [4.69, 9.17) is 0 Å². The Labute approximate surface area is 171 Å². The predicted octanol–water partition coefficient (Wildman–Crippen LogP) is 1.73. The van der Waals surface area contributed by atoms with Crippen molar-refractivity contribution < 1.29 is 18.1 Å². The highest BCUT2D eigenvalue weighted by Crippen LogP contribution is 2.27. The van der Waals surface area contributed by atoms with Gasteiger partial charge in [0.25, 0.3) is 5.69 Å². The van der Waals surface area contributed by atoms with Gasteiger partial charge in [-0.3, -0.25) is 14.9 Å². The molecule has 1 amide bonds. The molecule has 0 atom stereocenters. The lowest BCUT2D eigenvalue weighted by Crippen LogP contribution is -2.31. The summed E-state index contributed by atoms with van der Waals surface area (Å²) in [5.74, 6) is 0.559. The van der Waals surface area contributed by atoms with E-state index in [1.165, 1.54) is 12.1 Å². The van der Waals surface area contributed by atoms with Crippen molar-refractivity contribution in [1.29, 1.82) is 0 Å². The van der Waals surface area contributed by atoms with E-state index >= 15 is 0 Å². The van der Waals surface area contributed by atoms with Crippen LogP contribution in [0.15, 0.2) is 23.1 Å². The third-order valence-corrected chi connectivity index (χ3v) is 5.71. The number of nitrogens with zero attached hydrogens (tertiary/aromatic N) is 1. The number of anilines is 1. The van der Waals surface area contributed by atoms with Gasteiger partial charge in [0.05, 0.1) is 9.82 Å². The van der Waals surface area contributed by atoms with E-state index in [-0.39, 0.29) is 34.6 Å². The maximum Gasteiger partial charge on any atom is 0.293 e. The number of piperidine rings is 1. The van der Waals surface area contributed by atoms with Crippen molar-refractivity contribution in [3.63, 3.8) is 0 Å². The molecule has 158 valence electrons. The second-order valence-electron chi connectivity index (χ2n) is 6.72. The molecule has 11 heteroatoms. The third kappa shape index (κ3) is 7.61. The molecule has 0 unspecified atom stereocenters. The van der Waals surface area contributed by atoms with Gasteiger partial charge in [0.15, 0.2) is 9.84 Å². The van der Waals surface area contributed by atoms with Crippen LogP contribution in [0.25, 0.3) is 0 Å². The molecule has 1 fully saturated rings. The molecular formula is C17H27ClN4O5S. The van der Waals surface area contributed by atoms with Gasteiger partial charge in [0.1, 0.15) is 5.69 Å². The average Bonchev–Trinajstić information content (AvgIpc) is 2.63. The predicted molar refractivity (Wildman–Crippen MR) is 110 cm³/mol.